The topological polar surface area (TPSA) is 105 Å². The third-order valence-electron chi connectivity index (χ3n) is 5.49. The summed E-state index contributed by atoms with van der Waals surface area (Å²) in [5.74, 6) is 0.619. The van der Waals surface area contributed by atoms with E-state index < -0.39 is 22.2 Å². The number of ether oxygens (including phenoxy) is 1. The van der Waals surface area contributed by atoms with Crippen LogP contribution in [0.15, 0.2) is 24.3 Å². The number of aliphatic hydroxyl groups excluding tert-OH is 1. The van der Waals surface area contributed by atoms with Crippen molar-refractivity contribution >= 4 is 21.8 Å². The van der Waals surface area contributed by atoms with Gasteiger partial charge in [0.05, 0.1) is 18.5 Å². The first-order valence-corrected chi connectivity index (χ1v) is 12.7. The van der Waals surface area contributed by atoms with Crippen molar-refractivity contribution in [3.05, 3.63) is 29.8 Å². The SMILES string of the molecule is CCCCNC(=O)OCCC(O)c1cccc(NS(=O)(=O)CCC2CCCCC2)c1. The summed E-state index contributed by atoms with van der Waals surface area (Å²) >= 11 is 0. The highest BCUT2D eigenvalue weighted by Crippen LogP contribution is 2.27. The number of unbranched alkanes of at least 4 members (excludes halogenated alkanes) is 1. The van der Waals surface area contributed by atoms with Gasteiger partial charge in [0, 0.05) is 18.7 Å². The number of carbonyl (C=O) groups is 1. The van der Waals surface area contributed by atoms with Crippen LogP contribution in [-0.2, 0) is 14.8 Å². The Bertz CT molecular complexity index is 748. The molecule has 1 amide bonds. The van der Waals surface area contributed by atoms with Crippen LogP contribution in [0, 0.1) is 5.92 Å². The van der Waals surface area contributed by atoms with E-state index in [1.165, 1.54) is 19.3 Å². The fraction of sp³-hybridized carbons (Fsp3) is 0.682. The second kappa shape index (κ2) is 12.8. The quantitative estimate of drug-likeness (QED) is 0.419. The van der Waals surface area contributed by atoms with E-state index in [0.717, 1.165) is 25.7 Å². The maximum absolute atomic E-state index is 12.4. The molecule has 0 radical (unpaired) electrons. The standard InChI is InChI=1S/C22H36N2O5S/c1-2-3-14-23-22(26)29-15-12-21(25)19-10-7-11-20(17-19)24-30(27,28)16-13-18-8-5-4-6-9-18/h7,10-11,17-18,21,24-25H,2-6,8-9,12-16H2,1H3,(H,23,26). The van der Waals surface area contributed by atoms with E-state index in [-0.39, 0.29) is 18.8 Å². The van der Waals surface area contributed by atoms with E-state index >= 15 is 0 Å². The number of sulfonamides is 1. The van der Waals surface area contributed by atoms with Gasteiger partial charge in [-0.3, -0.25) is 4.72 Å². The first kappa shape index (κ1) is 24.5. The van der Waals surface area contributed by atoms with E-state index in [0.29, 0.717) is 30.1 Å². The van der Waals surface area contributed by atoms with E-state index in [4.69, 9.17) is 4.74 Å². The third kappa shape index (κ3) is 9.34. The lowest BCUT2D eigenvalue weighted by molar-refractivity contribution is 0.106. The molecule has 0 aliphatic heterocycles. The molecule has 30 heavy (non-hydrogen) atoms. The zero-order chi connectivity index (χ0) is 21.8. The fourth-order valence-electron chi connectivity index (χ4n) is 3.69. The second-order valence-corrected chi connectivity index (χ2v) is 9.90. The number of alkyl carbamates (subject to hydrolysis) is 1. The molecule has 3 N–H and O–H groups in total. The molecule has 2 rings (SSSR count). The summed E-state index contributed by atoms with van der Waals surface area (Å²) in [6, 6.07) is 6.73. The summed E-state index contributed by atoms with van der Waals surface area (Å²) in [6.07, 6.45) is 7.35. The number of benzene rings is 1. The van der Waals surface area contributed by atoms with Crippen LogP contribution >= 0.6 is 0 Å². The molecule has 1 aliphatic carbocycles. The Morgan fingerprint density at radius 1 is 1.27 bits per heavy atom. The van der Waals surface area contributed by atoms with Gasteiger partial charge >= 0.3 is 6.09 Å². The van der Waals surface area contributed by atoms with Gasteiger partial charge in [0.15, 0.2) is 0 Å². The minimum atomic E-state index is -3.43. The van der Waals surface area contributed by atoms with E-state index in [2.05, 4.69) is 10.0 Å². The lowest BCUT2D eigenvalue weighted by Gasteiger charge is -2.21. The molecule has 0 bridgehead atoms. The Morgan fingerprint density at radius 3 is 2.77 bits per heavy atom. The molecule has 0 aromatic heterocycles. The van der Waals surface area contributed by atoms with Crippen LogP contribution in [0.1, 0.15) is 76.4 Å². The van der Waals surface area contributed by atoms with Gasteiger partial charge in [-0.15, -0.1) is 0 Å². The van der Waals surface area contributed by atoms with Crippen LogP contribution in [0.5, 0.6) is 0 Å². The lowest BCUT2D eigenvalue weighted by atomic mass is 9.88. The molecule has 1 fully saturated rings. The van der Waals surface area contributed by atoms with Crippen molar-refractivity contribution in [2.75, 3.05) is 23.6 Å². The van der Waals surface area contributed by atoms with Crippen LogP contribution in [0.2, 0.25) is 0 Å². The number of hydrogen-bond donors (Lipinski definition) is 3. The van der Waals surface area contributed by atoms with E-state index in [9.17, 15) is 18.3 Å². The van der Waals surface area contributed by atoms with E-state index in [1.807, 2.05) is 6.92 Å². The molecule has 0 heterocycles. The summed E-state index contributed by atoms with van der Waals surface area (Å²) in [5.41, 5.74) is 1.02. The van der Waals surface area contributed by atoms with Crippen molar-refractivity contribution in [3.63, 3.8) is 0 Å². The van der Waals surface area contributed by atoms with E-state index in [1.54, 1.807) is 24.3 Å². The second-order valence-electron chi connectivity index (χ2n) is 8.06. The molecule has 1 aliphatic rings. The summed E-state index contributed by atoms with van der Waals surface area (Å²) in [6.45, 7) is 2.69. The van der Waals surface area contributed by atoms with Crippen LogP contribution in [0.4, 0.5) is 10.5 Å². The molecular formula is C22H36N2O5S. The number of aliphatic hydroxyl groups is 1. The largest absolute Gasteiger partial charge is 0.449 e. The number of amides is 1. The molecule has 0 spiro atoms. The summed E-state index contributed by atoms with van der Waals surface area (Å²) < 4.78 is 32.6. The van der Waals surface area contributed by atoms with Crippen molar-refractivity contribution in [1.82, 2.24) is 5.32 Å². The highest BCUT2D eigenvalue weighted by atomic mass is 32.2. The molecule has 1 saturated carbocycles. The summed E-state index contributed by atoms with van der Waals surface area (Å²) in [5, 5.41) is 13.0. The van der Waals surface area contributed by atoms with Gasteiger partial charge in [0.2, 0.25) is 10.0 Å². The Morgan fingerprint density at radius 2 is 2.03 bits per heavy atom. The van der Waals surface area contributed by atoms with Gasteiger partial charge in [0.25, 0.3) is 0 Å². The average Bonchev–Trinajstić information content (AvgIpc) is 2.73. The van der Waals surface area contributed by atoms with Crippen molar-refractivity contribution < 1.29 is 23.1 Å². The van der Waals surface area contributed by atoms with Gasteiger partial charge in [-0.05, 0) is 36.5 Å². The van der Waals surface area contributed by atoms with Gasteiger partial charge in [-0.25, -0.2) is 13.2 Å². The minimum Gasteiger partial charge on any atom is -0.449 e. The number of nitrogens with one attached hydrogen (secondary N) is 2. The first-order valence-electron chi connectivity index (χ1n) is 11.1. The monoisotopic (exact) mass is 440 g/mol. The molecule has 0 saturated heterocycles. The van der Waals surface area contributed by atoms with Gasteiger partial charge in [-0.1, -0.05) is 57.6 Å². The number of hydrogen-bond acceptors (Lipinski definition) is 5. The van der Waals surface area contributed by atoms with Gasteiger partial charge in [-0.2, -0.15) is 0 Å². The van der Waals surface area contributed by atoms with Crippen LogP contribution < -0.4 is 10.0 Å². The predicted molar refractivity (Wildman–Crippen MR) is 119 cm³/mol. The first-order chi connectivity index (χ1) is 14.4. The number of rotatable bonds is 12. The van der Waals surface area contributed by atoms with Gasteiger partial charge < -0.3 is 15.2 Å². The molecule has 170 valence electrons. The van der Waals surface area contributed by atoms with Crippen LogP contribution in [0.25, 0.3) is 0 Å². The van der Waals surface area contributed by atoms with Crippen molar-refractivity contribution in [2.45, 2.75) is 70.8 Å². The highest BCUT2D eigenvalue weighted by Gasteiger charge is 2.18. The average molecular weight is 441 g/mol. The molecular weight excluding hydrogens is 404 g/mol. The Kier molecular flexibility index (Phi) is 10.4. The number of anilines is 1. The molecule has 7 nitrogen and oxygen atoms in total. The zero-order valence-corrected chi connectivity index (χ0v) is 18.8. The smallest absolute Gasteiger partial charge is 0.407 e. The normalized spacial score (nSPS) is 16.1. The maximum atomic E-state index is 12.4. The summed E-state index contributed by atoms with van der Waals surface area (Å²) in [7, 11) is -3.43. The lowest BCUT2D eigenvalue weighted by Crippen LogP contribution is -2.25. The number of carbonyl (C=O) groups excluding carboxylic acids is 1. The molecule has 1 unspecified atom stereocenters. The van der Waals surface area contributed by atoms with Crippen molar-refractivity contribution in [3.8, 4) is 0 Å². The van der Waals surface area contributed by atoms with Gasteiger partial charge in [0.1, 0.15) is 0 Å². The molecule has 1 aromatic carbocycles. The molecule has 8 heteroatoms. The van der Waals surface area contributed by atoms with Crippen LogP contribution in [-0.4, -0.2) is 38.5 Å². The fourth-order valence-corrected chi connectivity index (χ4v) is 4.92. The third-order valence-corrected chi connectivity index (χ3v) is 6.81. The Labute approximate surface area is 180 Å². The zero-order valence-electron chi connectivity index (χ0n) is 17.9. The van der Waals surface area contributed by atoms with Crippen molar-refractivity contribution in [1.29, 1.82) is 0 Å². The highest BCUT2D eigenvalue weighted by molar-refractivity contribution is 7.92. The Hall–Kier alpha value is -1.80. The van der Waals surface area contributed by atoms with Crippen molar-refractivity contribution in [2.24, 2.45) is 5.92 Å². The Balaban J connectivity index is 1.79. The van der Waals surface area contributed by atoms with Crippen LogP contribution in [0.3, 0.4) is 0 Å². The summed E-state index contributed by atoms with van der Waals surface area (Å²) in [4.78, 5) is 11.5. The maximum Gasteiger partial charge on any atom is 0.407 e. The predicted octanol–water partition coefficient (Wildman–Crippen LogP) is 4.35. The molecule has 1 atom stereocenters. The molecule has 1 aromatic rings. The minimum absolute atomic E-state index is 0.0798.